The fourth-order valence-corrected chi connectivity index (χ4v) is 1.54. The largest absolute Gasteiger partial charge is 0.383 e. The Kier molecular flexibility index (Phi) is 4.13. The average molecular weight is 255 g/mol. The first-order valence-corrected chi connectivity index (χ1v) is 5.53. The lowest BCUT2D eigenvalue weighted by Crippen LogP contribution is -2.40. The van der Waals surface area contributed by atoms with E-state index in [1.54, 1.807) is 13.8 Å². The first-order valence-electron chi connectivity index (χ1n) is 5.53. The van der Waals surface area contributed by atoms with Gasteiger partial charge in [0.2, 0.25) is 5.91 Å². The molecule has 8 nitrogen and oxygen atoms in total. The van der Waals surface area contributed by atoms with Crippen LogP contribution in [0.2, 0.25) is 0 Å². The van der Waals surface area contributed by atoms with Crippen LogP contribution < -0.4 is 27.6 Å². The molecule has 0 radical (unpaired) electrons. The van der Waals surface area contributed by atoms with Gasteiger partial charge < -0.3 is 16.4 Å². The molecule has 0 aliphatic rings. The molecule has 0 fully saturated rings. The Morgan fingerprint density at radius 2 is 2.11 bits per heavy atom. The van der Waals surface area contributed by atoms with Gasteiger partial charge in [0.1, 0.15) is 17.5 Å². The van der Waals surface area contributed by atoms with Crippen molar-refractivity contribution < 1.29 is 4.79 Å². The molecular formula is C10H17N5O3. The number of hydrogen-bond acceptors (Lipinski definition) is 5. The van der Waals surface area contributed by atoms with Crippen LogP contribution in [0.3, 0.4) is 0 Å². The molecule has 18 heavy (non-hydrogen) atoms. The second-order valence-electron chi connectivity index (χ2n) is 3.74. The summed E-state index contributed by atoms with van der Waals surface area (Å²) in [5.74, 6) is -0.273. The van der Waals surface area contributed by atoms with E-state index < -0.39 is 17.3 Å². The number of aromatic amines is 1. The molecule has 1 unspecified atom stereocenters. The monoisotopic (exact) mass is 255 g/mol. The summed E-state index contributed by atoms with van der Waals surface area (Å²) in [6, 6.07) is -0.638. The van der Waals surface area contributed by atoms with Crippen LogP contribution in [-0.4, -0.2) is 28.5 Å². The van der Waals surface area contributed by atoms with E-state index in [0.717, 1.165) is 0 Å². The maximum Gasteiger partial charge on any atom is 0.330 e. The molecule has 100 valence electrons. The molecule has 1 rings (SSSR count). The zero-order valence-electron chi connectivity index (χ0n) is 10.5. The van der Waals surface area contributed by atoms with Crippen molar-refractivity contribution >= 4 is 17.4 Å². The first kappa shape index (κ1) is 13.8. The predicted octanol–water partition coefficient (Wildman–Crippen LogP) is -1.31. The van der Waals surface area contributed by atoms with Gasteiger partial charge >= 0.3 is 5.69 Å². The summed E-state index contributed by atoms with van der Waals surface area (Å²) in [5, 5.41) is 5.13. The molecule has 8 heteroatoms. The highest BCUT2D eigenvalue weighted by Gasteiger charge is 2.16. The third-order valence-corrected chi connectivity index (χ3v) is 2.56. The van der Waals surface area contributed by atoms with Gasteiger partial charge in [-0.2, -0.15) is 0 Å². The summed E-state index contributed by atoms with van der Waals surface area (Å²) in [6.45, 7) is 3.63. The third kappa shape index (κ3) is 2.53. The second kappa shape index (κ2) is 5.39. The van der Waals surface area contributed by atoms with Gasteiger partial charge in [-0.05, 0) is 13.8 Å². The average Bonchev–Trinajstić information content (AvgIpc) is 2.33. The van der Waals surface area contributed by atoms with E-state index in [1.807, 2.05) is 0 Å². The molecule has 0 aromatic carbocycles. The Bertz CT molecular complexity index is 560. The topological polar surface area (TPSA) is 122 Å². The van der Waals surface area contributed by atoms with Crippen molar-refractivity contribution in [3.05, 3.63) is 20.8 Å². The fourth-order valence-electron chi connectivity index (χ4n) is 1.54. The molecule has 1 atom stereocenters. The maximum absolute atomic E-state index is 11.6. The number of H-pyrrole nitrogens is 1. The summed E-state index contributed by atoms with van der Waals surface area (Å²) < 4.78 is 1.21. The minimum atomic E-state index is -0.641. The third-order valence-electron chi connectivity index (χ3n) is 2.56. The number of likely N-dealkylation sites (N-methyl/N-ethyl adjacent to an activating group) is 1. The van der Waals surface area contributed by atoms with Gasteiger partial charge in [-0.3, -0.25) is 19.1 Å². The fraction of sp³-hybridized carbons (Fsp3) is 0.500. The van der Waals surface area contributed by atoms with Crippen molar-refractivity contribution in [2.24, 2.45) is 0 Å². The minimum Gasteiger partial charge on any atom is -0.383 e. The Morgan fingerprint density at radius 3 is 2.61 bits per heavy atom. The van der Waals surface area contributed by atoms with Crippen molar-refractivity contribution in [1.29, 1.82) is 0 Å². The van der Waals surface area contributed by atoms with Crippen molar-refractivity contribution in [2.45, 2.75) is 26.4 Å². The van der Waals surface area contributed by atoms with Gasteiger partial charge in [0.05, 0.1) is 0 Å². The number of hydrogen-bond donors (Lipinski definition) is 4. The number of nitrogen functional groups attached to an aromatic ring is 1. The number of nitrogens with one attached hydrogen (secondary N) is 3. The van der Waals surface area contributed by atoms with Crippen LogP contribution in [0.5, 0.6) is 0 Å². The molecule has 1 amide bonds. The first-order chi connectivity index (χ1) is 8.42. The van der Waals surface area contributed by atoms with E-state index >= 15 is 0 Å². The summed E-state index contributed by atoms with van der Waals surface area (Å²) >= 11 is 0. The normalized spacial score (nSPS) is 11.9. The molecule has 0 bridgehead atoms. The van der Waals surface area contributed by atoms with E-state index in [-0.39, 0.29) is 17.4 Å². The van der Waals surface area contributed by atoms with Gasteiger partial charge in [-0.25, -0.2) is 4.79 Å². The molecule has 0 aliphatic carbocycles. The molecule has 1 heterocycles. The van der Waals surface area contributed by atoms with Crippen molar-refractivity contribution in [1.82, 2.24) is 14.9 Å². The van der Waals surface area contributed by atoms with Crippen molar-refractivity contribution in [3.63, 3.8) is 0 Å². The van der Waals surface area contributed by atoms with Crippen molar-refractivity contribution in [2.75, 3.05) is 18.1 Å². The number of aromatic nitrogens is 2. The number of anilines is 2. The maximum atomic E-state index is 11.6. The molecular weight excluding hydrogens is 238 g/mol. The van der Waals surface area contributed by atoms with E-state index in [2.05, 4.69) is 15.6 Å². The lowest BCUT2D eigenvalue weighted by atomic mass is 10.3. The molecule has 5 N–H and O–H groups in total. The number of rotatable bonds is 4. The molecule has 0 aliphatic heterocycles. The lowest BCUT2D eigenvalue weighted by Gasteiger charge is -2.16. The number of amides is 1. The van der Waals surface area contributed by atoms with E-state index in [4.69, 9.17) is 5.73 Å². The smallest absolute Gasteiger partial charge is 0.330 e. The van der Waals surface area contributed by atoms with Crippen LogP contribution in [0, 0.1) is 0 Å². The lowest BCUT2D eigenvalue weighted by molar-refractivity contribution is -0.121. The molecule has 0 saturated carbocycles. The van der Waals surface area contributed by atoms with Crippen LogP contribution in [0.1, 0.15) is 13.8 Å². The zero-order valence-corrected chi connectivity index (χ0v) is 10.5. The highest BCUT2D eigenvalue weighted by Crippen LogP contribution is 2.10. The summed E-state index contributed by atoms with van der Waals surface area (Å²) in [7, 11) is 1.49. The Hall–Kier alpha value is -2.25. The van der Waals surface area contributed by atoms with Crippen LogP contribution >= 0.6 is 0 Å². The molecule has 0 spiro atoms. The van der Waals surface area contributed by atoms with Gasteiger partial charge in [0, 0.05) is 13.6 Å². The number of carbonyl (C=O) groups excluding carboxylic acids is 1. The van der Waals surface area contributed by atoms with E-state index in [1.165, 1.54) is 11.6 Å². The number of carbonyl (C=O) groups is 1. The van der Waals surface area contributed by atoms with E-state index in [0.29, 0.717) is 6.54 Å². The molecule has 0 saturated heterocycles. The van der Waals surface area contributed by atoms with Gasteiger partial charge in [-0.1, -0.05) is 0 Å². The predicted molar refractivity (Wildman–Crippen MR) is 68.6 cm³/mol. The SMILES string of the molecule is CCn1c(N)c(NC(C)C(=O)NC)c(=O)[nH]c1=O. The van der Waals surface area contributed by atoms with Gasteiger partial charge in [0.15, 0.2) is 0 Å². The molecule has 1 aromatic rings. The number of nitrogens with zero attached hydrogens (tertiary/aromatic N) is 1. The second-order valence-corrected chi connectivity index (χ2v) is 3.74. The number of nitrogens with two attached hydrogens (primary N) is 1. The summed E-state index contributed by atoms with van der Waals surface area (Å²) in [5.41, 5.74) is 4.54. The van der Waals surface area contributed by atoms with Crippen LogP contribution in [-0.2, 0) is 11.3 Å². The van der Waals surface area contributed by atoms with Crippen LogP contribution in [0.25, 0.3) is 0 Å². The van der Waals surface area contributed by atoms with Gasteiger partial charge in [0.25, 0.3) is 5.56 Å². The minimum absolute atomic E-state index is 0.0157. The van der Waals surface area contributed by atoms with Crippen molar-refractivity contribution in [3.8, 4) is 0 Å². The Morgan fingerprint density at radius 1 is 1.50 bits per heavy atom. The highest BCUT2D eigenvalue weighted by atomic mass is 16.2. The molecule has 1 aromatic heterocycles. The zero-order chi connectivity index (χ0) is 13.9. The summed E-state index contributed by atoms with van der Waals surface area (Å²) in [6.07, 6.45) is 0. The Balaban J connectivity index is 3.22. The standard InChI is InChI=1S/C10H17N5O3/c1-4-15-7(11)6(9(17)14-10(15)18)13-5(2)8(16)12-3/h5,13H,4,11H2,1-3H3,(H,12,16)(H,14,17,18). The van der Waals surface area contributed by atoms with E-state index in [9.17, 15) is 14.4 Å². The Labute approximate surface area is 103 Å². The highest BCUT2D eigenvalue weighted by molar-refractivity contribution is 5.84. The quantitative estimate of drug-likeness (QED) is 0.532. The summed E-state index contributed by atoms with van der Waals surface area (Å²) in [4.78, 5) is 36.6. The van der Waals surface area contributed by atoms with Crippen LogP contribution in [0.4, 0.5) is 11.5 Å². The van der Waals surface area contributed by atoms with Gasteiger partial charge in [-0.15, -0.1) is 0 Å². The van der Waals surface area contributed by atoms with Crippen LogP contribution in [0.15, 0.2) is 9.59 Å².